The summed E-state index contributed by atoms with van der Waals surface area (Å²) in [4.78, 5) is 30.3. The number of halogens is 1. The van der Waals surface area contributed by atoms with Gasteiger partial charge in [-0.3, -0.25) is 9.59 Å². The van der Waals surface area contributed by atoms with Gasteiger partial charge in [0.2, 0.25) is 0 Å². The Bertz CT molecular complexity index is 777. The Labute approximate surface area is 158 Å². The smallest absolute Gasteiger partial charge is 0.261 e. The molecule has 0 aliphatic carbocycles. The van der Waals surface area contributed by atoms with Crippen molar-refractivity contribution in [1.82, 2.24) is 19.8 Å². The number of Topliss-reactive ketones (excluding diaryl/α,β-unsaturated/α-hetero) is 1. The highest BCUT2D eigenvalue weighted by molar-refractivity contribution is 5.94. The van der Waals surface area contributed by atoms with Gasteiger partial charge in [0, 0.05) is 44.6 Å². The van der Waals surface area contributed by atoms with E-state index >= 15 is 0 Å². The van der Waals surface area contributed by atoms with Gasteiger partial charge in [-0.2, -0.15) is 0 Å². The number of amides is 1. The number of rotatable bonds is 5. The summed E-state index contributed by atoms with van der Waals surface area (Å²) in [5.41, 5.74) is 0.568. The monoisotopic (exact) mass is 378 g/mol. The molecule has 140 valence electrons. The Hall–Kier alpha value is -2.38. The molecule has 1 N–H and O–H groups in total. The van der Waals surface area contributed by atoms with Gasteiger partial charge in [-0.1, -0.05) is 12.1 Å². The fraction of sp³-hybridized carbons (Fsp3) is 0.389. The Balaban J connectivity index is 0.00000243. The van der Waals surface area contributed by atoms with Crippen LogP contribution in [0.2, 0.25) is 0 Å². The SMILES string of the molecule is CC(=O)c1cccc(OCC(=O)N2CCNCC2c2nccn2C)c1.Cl. The lowest BCUT2D eigenvalue weighted by Crippen LogP contribution is -2.50. The fourth-order valence-electron chi connectivity index (χ4n) is 2.96. The predicted octanol–water partition coefficient (Wildman–Crippen LogP) is 1.60. The van der Waals surface area contributed by atoms with E-state index in [1.807, 2.05) is 17.8 Å². The van der Waals surface area contributed by atoms with Gasteiger partial charge in [0.15, 0.2) is 12.4 Å². The van der Waals surface area contributed by atoms with Gasteiger partial charge in [0.1, 0.15) is 17.6 Å². The Morgan fingerprint density at radius 1 is 1.38 bits per heavy atom. The second-order valence-corrected chi connectivity index (χ2v) is 6.08. The first-order chi connectivity index (χ1) is 12.1. The van der Waals surface area contributed by atoms with Crippen LogP contribution in [0.4, 0.5) is 0 Å². The highest BCUT2D eigenvalue weighted by Gasteiger charge is 2.30. The number of hydrogen-bond acceptors (Lipinski definition) is 5. The maximum absolute atomic E-state index is 12.7. The van der Waals surface area contributed by atoms with Crippen molar-refractivity contribution in [2.24, 2.45) is 7.05 Å². The molecule has 2 heterocycles. The molecule has 1 atom stereocenters. The van der Waals surface area contributed by atoms with E-state index in [0.717, 1.165) is 12.4 Å². The van der Waals surface area contributed by atoms with E-state index in [2.05, 4.69) is 10.3 Å². The highest BCUT2D eigenvalue weighted by atomic mass is 35.5. The first-order valence-electron chi connectivity index (χ1n) is 8.27. The average Bonchev–Trinajstić information content (AvgIpc) is 3.05. The summed E-state index contributed by atoms with van der Waals surface area (Å²) in [5.74, 6) is 1.24. The Morgan fingerprint density at radius 3 is 2.88 bits per heavy atom. The molecule has 0 radical (unpaired) electrons. The van der Waals surface area contributed by atoms with E-state index in [-0.39, 0.29) is 36.7 Å². The molecule has 7 nitrogen and oxygen atoms in total. The second kappa shape index (κ2) is 8.82. The van der Waals surface area contributed by atoms with Crippen LogP contribution in [-0.4, -0.2) is 52.4 Å². The molecule has 1 aliphatic heterocycles. The molecule has 1 aromatic heterocycles. The number of nitrogens with zero attached hydrogens (tertiary/aromatic N) is 3. The molecule has 0 spiro atoms. The van der Waals surface area contributed by atoms with Crippen LogP contribution < -0.4 is 10.1 Å². The molecule has 1 amide bonds. The van der Waals surface area contributed by atoms with E-state index in [1.165, 1.54) is 6.92 Å². The first kappa shape index (κ1) is 19.9. The van der Waals surface area contributed by atoms with Gasteiger partial charge in [0.25, 0.3) is 5.91 Å². The average molecular weight is 379 g/mol. The lowest BCUT2D eigenvalue weighted by Gasteiger charge is -2.35. The van der Waals surface area contributed by atoms with Gasteiger partial charge >= 0.3 is 0 Å². The number of ether oxygens (including phenoxy) is 1. The topological polar surface area (TPSA) is 76.5 Å². The van der Waals surface area contributed by atoms with Crippen molar-refractivity contribution in [2.75, 3.05) is 26.2 Å². The summed E-state index contributed by atoms with van der Waals surface area (Å²) in [6.45, 7) is 3.45. The number of nitrogens with one attached hydrogen (secondary N) is 1. The van der Waals surface area contributed by atoms with Crippen molar-refractivity contribution < 1.29 is 14.3 Å². The standard InChI is InChI=1S/C18H22N4O3.ClH/c1-13(23)14-4-3-5-15(10-14)25-12-17(24)22-9-6-19-11-16(22)18-20-7-8-21(18)2;/h3-5,7-8,10,16,19H,6,9,11-12H2,1-2H3;1H. The third-order valence-corrected chi connectivity index (χ3v) is 4.32. The predicted molar refractivity (Wildman–Crippen MR) is 99.7 cm³/mol. The number of ketones is 1. The van der Waals surface area contributed by atoms with Crippen molar-refractivity contribution in [3.8, 4) is 5.75 Å². The highest BCUT2D eigenvalue weighted by Crippen LogP contribution is 2.21. The molecule has 2 aromatic rings. The Kier molecular flexibility index (Phi) is 6.76. The van der Waals surface area contributed by atoms with Crippen molar-refractivity contribution in [2.45, 2.75) is 13.0 Å². The third-order valence-electron chi connectivity index (χ3n) is 4.32. The van der Waals surface area contributed by atoms with Crippen LogP contribution >= 0.6 is 12.4 Å². The van der Waals surface area contributed by atoms with E-state index in [9.17, 15) is 9.59 Å². The first-order valence-corrected chi connectivity index (χ1v) is 8.27. The van der Waals surface area contributed by atoms with Crippen LogP contribution in [-0.2, 0) is 11.8 Å². The molecule has 1 aliphatic rings. The maximum atomic E-state index is 12.7. The number of hydrogen-bond donors (Lipinski definition) is 1. The summed E-state index contributed by atoms with van der Waals surface area (Å²) in [7, 11) is 1.92. The number of carbonyl (C=O) groups is 2. The zero-order chi connectivity index (χ0) is 17.8. The number of imidazole rings is 1. The van der Waals surface area contributed by atoms with Gasteiger partial charge < -0.3 is 19.5 Å². The largest absolute Gasteiger partial charge is 0.484 e. The summed E-state index contributed by atoms with van der Waals surface area (Å²) >= 11 is 0. The van der Waals surface area contributed by atoms with E-state index in [1.54, 1.807) is 35.4 Å². The number of benzene rings is 1. The molecule has 1 saturated heterocycles. The van der Waals surface area contributed by atoms with E-state index in [4.69, 9.17) is 4.74 Å². The molecular formula is C18H23ClN4O3. The minimum atomic E-state index is -0.117. The zero-order valence-electron chi connectivity index (χ0n) is 14.8. The lowest BCUT2D eigenvalue weighted by molar-refractivity contribution is -0.137. The summed E-state index contributed by atoms with van der Waals surface area (Å²) in [5, 5.41) is 3.30. The molecule has 0 saturated carbocycles. The molecule has 3 rings (SSSR count). The quantitative estimate of drug-likeness (QED) is 0.800. The number of piperazine rings is 1. The van der Waals surface area contributed by atoms with Crippen LogP contribution in [0.5, 0.6) is 5.75 Å². The van der Waals surface area contributed by atoms with Crippen LogP contribution in [0.15, 0.2) is 36.7 Å². The van der Waals surface area contributed by atoms with E-state index < -0.39 is 0 Å². The van der Waals surface area contributed by atoms with Crippen molar-refractivity contribution >= 4 is 24.1 Å². The molecule has 8 heteroatoms. The molecule has 26 heavy (non-hydrogen) atoms. The third kappa shape index (κ3) is 4.42. The molecule has 0 bridgehead atoms. The normalized spacial score (nSPS) is 16.7. The van der Waals surface area contributed by atoms with Gasteiger partial charge in [-0.15, -0.1) is 12.4 Å². The fourth-order valence-corrected chi connectivity index (χ4v) is 2.96. The van der Waals surface area contributed by atoms with Crippen LogP contribution in [0.25, 0.3) is 0 Å². The summed E-state index contributed by atoms with van der Waals surface area (Å²) < 4.78 is 7.54. The van der Waals surface area contributed by atoms with E-state index in [0.29, 0.717) is 24.4 Å². The van der Waals surface area contributed by atoms with Crippen LogP contribution in [0, 0.1) is 0 Å². The summed E-state index contributed by atoms with van der Waals surface area (Å²) in [6.07, 6.45) is 3.60. The van der Waals surface area contributed by atoms with Crippen LogP contribution in [0.1, 0.15) is 29.1 Å². The van der Waals surface area contributed by atoms with Gasteiger partial charge in [-0.05, 0) is 19.1 Å². The zero-order valence-corrected chi connectivity index (χ0v) is 15.7. The summed E-state index contributed by atoms with van der Waals surface area (Å²) in [6, 6.07) is 6.76. The maximum Gasteiger partial charge on any atom is 0.261 e. The number of aryl methyl sites for hydroxylation is 1. The number of carbonyl (C=O) groups excluding carboxylic acids is 2. The minimum Gasteiger partial charge on any atom is -0.484 e. The second-order valence-electron chi connectivity index (χ2n) is 6.08. The molecule has 1 fully saturated rings. The molecular weight excluding hydrogens is 356 g/mol. The Morgan fingerprint density at radius 2 is 2.19 bits per heavy atom. The number of aromatic nitrogens is 2. The van der Waals surface area contributed by atoms with Gasteiger partial charge in [-0.25, -0.2) is 4.98 Å². The van der Waals surface area contributed by atoms with Crippen molar-refractivity contribution in [1.29, 1.82) is 0 Å². The van der Waals surface area contributed by atoms with Gasteiger partial charge in [0.05, 0.1) is 0 Å². The lowest BCUT2D eigenvalue weighted by atomic mass is 10.1. The molecule has 1 unspecified atom stereocenters. The minimum absolute atomic E-state index is 0. The van der Waals surface area contributed by atoms with Crippen LogP contribution in [0.3, 0.4) is 0 Å². The van der Waals surface area contributed by atoms with Crippen molar-refractivity contribution in [3.05, 3.63) is 48.0 Å². The van der Waals surface area contributed by atoms with Crippen molar-refractivity contribution in [3.63, 3.8) is 0 Å². The molecule has 1 aromatic carbocycles.